The Bertz CT molecular complexity index is 1020. The maximum absolute atomic E-state index is 10.3. The average Bonchev–Trinajstić information content (AvgIpc) is 2.76. The lowest BCUT2D eigenvalue weighted by Gasteiger charge is -2.40. The summed E-state index contributed by atoms with van der Waals surface area (Å²) in [6.07, 6.45) is -4.89. The smallest absolute Gasteiger partial charge is 0.229 e. The number of hydrogen-bond acceptors (Lipinski definition) is 11. The Morgan fingerprint density at radius 2 is 1.66 bits per heavy atom. The zero-order chi connectivity index (χ0) is 23.2. The average molecular weight is 450 g/mol. The van der Waals surface area contributed by atoms with Gasteiger partial charge >= 0.3 is 0 Å². The van der Waals surface area contributed by atoms with E-state index in [-0.39, 0.29) is 39.9 Å². The molecule has 0 spiro atoms. The summed E-state index contributed by atoms with van der Waals surface area (Å²) in [7, 11) is 0. The van der Waals surface area contributed by atoms with Crippen LogP contribution < -0.4 is 0 Å². The van der Waals surface area contributed by atoms with Crippen molar-refractivity contribution in [1.29, 1.82) is 0 Å². The topological polar surface area (TPSA) is 190 Å². The van der Waals surface area contributed by atoms with E-state index in [1.54, 1.807) is 0 Å². The third-order valence-corrected chi connectivity index (χ3v) is 5.29. The van der Waals surface area contributed by atoms with Crippen molar-refractivity contribution in [3.05, 3.63) is 64.8 Å². The largest absolute Gasteiger partial charge is 0.508 e. The van der Waals surface area contributed by atoms with Gasteiger partial charge in [-0.2, -0.15) is 0 Å². The highest BCUT2D eigenvalue weighted by molar-refractivity contribution is 5.70. The lowest BCUT2D eigenvalue weighted by Crippen LogP contribution is -2.59. The van der Waals surface area contributed by atoms with Crippen molar-refractivity contribution in [3.63, 3.8) is 0 Å². The SMILES string of the molecule is OC[C@H]1O[C@@H](OC2=C(c3ccc(O)c(O)c3)OC3C=C(O)C=C(O)C3=C2)[C@H](O)[C@@H](O)[C@@H]1O. The van der Waals surface area contributed by atoms with E-state index < -0.39 is 49.2 Å². The third-order valence-electron chi connectivity index (χ3n) is 5.29. The Hall–Kier alpha value is -3.22. The number of aromatic hydroxyl groups is 2. The minimum Gasteiger partial charge on any atom is -0.508 e. The molecule has 4 rings (SSSR count). The first-order valence-corrected chi connectivity index (χ1v) is 9.63. The first-order chi connectivity index (χ1) is 15.2. The molecule has 11 nitrogen and oxygen atoms in total. The van der Waals surface area contributed by atoms with E-state index in [1.165, 1.54) is 30.4 Å². The number of hydrogen-bond donors (Lipinski definition) is 8. The van der Waals surface area contributed by atoms with Gasteiger partial charge < -0.3 is 55.1 Å². The summed E-state index contributed by atoms with van der Waals surface area (Å²) in [5, 5.41) is 79.2. The van der Waals surface area contributed by atoms with Gasteiger partial charge in [0, 0.05) is 23.3 Å². The van der Waals surface area contributed by atoms with Crippen molar-refractivity contribution in [2.75, 3.05) is 6.61 Å². The first-order valence-electron chi connectivity index (χ1n) is 9.63. The Kier molecular flexibility index (Phi) is 5.75. The lowest BCUT2D eigenvalue weighted by molar-refractivity contribution is -0.290. The van der Waals surface area contributed by atoms with Gasteiger partial charge in [0.25, 0.3) is 0 Å². The molecule has 6 atom stereocenters. The molecule has 0 aromatic heterocycles. The zero-order valence-electron chi connectivity index (χ0n) is 16.4. The summed E-state index contributed by atoms with van der Waals surface area (Å²) in [6, 6.07) is 3.79. The summed E-state index contributed by atoms with van der Waals surface area (Å²) in [5.74, 6) is -1.49. The highest BCUT2D eigenvalue weighted by Crippen LogP contribution is 2.39. The van der Waals surface area contributed by atoms with Crippen LogP contribution in [0.4, 0.5) is 0 Å². The van der Waals surface area contributed by atoms with Gasteiger partial charge in [0.2, 0.25) is 6.29 Å². The van der Waals surface area contributed by atoms with Gasteiger partial charge in [-0.15, -0.1) is 0 Å². The van der Waals surface area contributed by atoms with Crippen LogP contribution in [0.3, 0.4) is 0 Å². The van der Waals surface area contributed by atoms with Crippen molar-refractivity contribution in [3.8, 4) is 11.5 Å². The molecule has 11 heteroatoms. The molecular formula is C21H22O11. The van der Waals surface area contributed by atoms with Gasteiger partial charge in [0.1, 0.15) is 42.0 Å². The van der Waals surface area contributed by atoms with Crippen molar-refractivity contribution in [2.45, 2.75) is 36.8 Å². The van der Waals surface area contributed by atoms with Crippen LogP contribution in [0.1, 0.15) is 5.56 Å². The van der Waals surface area contributed by atoms with Crippen LogP contribution >= 0.6 is 0 Å². The number of benzene rings is 1. The molecule has 172 valence electrons. The minimum atomic E-state index is -1.70. The standard InChI is InChI=1S/C21H22O11/c22-7-16-17(27)18(28)19(29)21(32-16)31-15-6-10-12(25)4-9(23)5-14(10)30-20(15)8-1-2-11(24)13(26)3-8/h1-6,14,16-19,21-29H,7H2/t14?,16-,17-,18+,19-,21-/m1/s1. The summed E-state index contributed by atoms with van der Waals surface area (Å²) < 4.78 is 16.9. The highest BCUT2D eigenvalue weighted by Gasteiger charge is 2.45. The molecule has 0 bridgehead atoms. The fraction of sp³-hybridized carbons (Fsp3) is 0.333. The molecule has 1 unspecified atom stereocenters. The first kappa shape index (κ1) is 22.0. The Balaban J connectivity index is 1.76. The predicted octanol–water partition coefficient (Wildman–Crippen LogP) is -0.195. The minimum absolute atomic E-state index is 0.00948. The molecule has 2 aliphatic heterocycles. The zero-order valence-corrected chi connectivity index (χ0v) is 16.4. The molecule has 1 aromatic rings. The van der Waals surface area contributed by atoms with Crippen LogP contribution in [0.2, 0.25) is 0 Å². The third kappa shape index (κ3) is 3.87. The van der Waals surface area contributed by atoms with Gasteiger partial charge in [-0.25, -0.2) is 0 Å². The Morgan fingerprint density at radius 1 is 0.906 bits per heavy atom. The van der Waals surface area contributed by atoms with Gasteiger partial charge in [0.15, 0.2) is 23.0 Å². The fourth-order valence-corrected chi connectivity index (χ4v) is 3.56. The molecule has 2 heterocycles. The van der Waals surface area contributed by atoms with E-state index >= 15 is 0 Å². The molecule has 1 aliphatic carbocycles. The van der Waals surface area contributed by atoms with E-state index in [4.69, 9.17) is 14.2 Å². The quantitative estimate of drug-likeness (QED) is 0.284. The Labute approximate surface area is 181 Å². The maximum atomic E-state index is 10.3. The monoisotopic (exact) mass is 450 g/mol. The molecule has 0 saturated carbocycles. The molecule has 1 fully saturated rings. The summed E-state index contributed by atoms with van der Waals surface area (Å²) in [6.45, 7) is -0.657. The normalized spacial score (nSPS) is 32.3. The highest BCUT2D eigenvalue weighted by atomic mass is 16.7. The van der Waals surface area contributed by atoms with Gasteiger partial charge in [-0.1, -0.05) is 0 Å². The number of phenols is 2. The number of rotatable bonds is 4. The molecule has 1 saturated heterocycles. The van der Waals surface area contributed by atoms with E-state index in [0.717, 1.165) is 6.08 Å². The lowest BCUT2D eigenvalue weighted by atomic mass is 9.96. The molecular weight excluding hydrogens is 428 g/mol. The number of aliphatic hydroxyl groups excluding tert-OH is 6. The Morgan fingerprint density at radius 3 is 2.34 bits per heavy atom. The van der Waals surface area contributed by atoms with Crippen LogP contribution in [0, 0.1) is 0 Å². The summed E-state index contributed by atoms with van der Waals surface area (Å²) in [4.78, 5) is 0. The van der Waals surface area contributed by atoms with E-state index in [9.17, 15) is 40.9 Å². The van der Waals surface area contributed by atoms with Crippen LogP contribution in [-0.2, 0) is 14.2 Å². The number of aliphatic hydroxyl groups is 6. The predicted molar refractivity (Wildman–Crippen MR) is 106 cm³/mol. The van der Waals surface area contributed by atoms with Crippen molar-refractivity contribution in [1.82, 2.24) is 0 Å². The van der Waals surface area contributed by atoms with Gasteiger partial charge in [-0.05, 0) is 24.3 Å². The number of phenolic OH excluding ortho intramolecular Hbond substituents is 2. The van der Waals surface area contributed by atoms with Crippen LogP contribution in [0.25, 0.3) is 5.76 Å². The van der Waals surface area contributed by atoms with Crippen LogP contribution in [0.5, 0.6) is 11.5 Å². The molecule has 0 radical (unpaired) electrons. The van der Waals surface area contributed by atoms with E-state index in [2.05, 4.69) is 0 Å². The second-order valence-corrected chi connectivity index (χ2v) is 7.47. The number of ether oxygens (including phenoxy) is 3. The van der Waals surface area contributed by atoms with Gasteiger partial charge in [-0.3, -0.25) is 0 Å². The fourth-order valence-electron chi connectivity index (χ4n) is 3.56. The second-order valence-electron chi connectivity index (χ2n) is 7.47. The molecule has 1 aromatic carbocycles. The molecule has 32 heavy (non-hydrogen) atoms. The molecule has 0 amide bonds. The van der Waals surface area contributed by atoms with E-state index in [1.807, 2.05) is 0 Å². The molecule has 3 aliphatic rings. The summed E-state index contributed by atoms with van der Waals surface area (Å²) in [5.41, 5.74) is 0.436. The number of fused-ring (bicyclic) bond motifs is 1. The van der Waals surface area contributed by atoms with E-state index in [0.29, 0.717) is 0 Å². The molecule has 8 N–H and O–H groups in total. The van der Waals surface area contributed by atoms with Crippen molar-refractivity contribution >= 4 is 5.76 Å². The van der Waals surface area contributed by atoms with Crippen LogP contribution in [-0.4, -0.2) is 84.3 Å². The number of allylic oxidation sites excluding steroid dienone is 2. The van der Waals surface area contributed by atoms with Crippen LogP contribution in [0.15, 0.2) is 59.3 Å². The second kappa shape index (κ2) is 8.37. The summed E-state index contributed by atoms with van der Waals surface area (Å²) >= 11 is 0. The van der Waals surface area contributed by atoms with Gasteiger partial charge in [0.05, 0.1) is 6.61 Å². The van der Waals surface area contributed by atoms with Crippen molar-refractivity contribution in [2.24, 2.45) is 0 Å². The maximum Gasteiger partial charge on any atom is 0.229 e. The van der Waals surface area contributed by atoms with Crippen molar-refractivity contribution < 1.29 is 55.1 Å².